The molecule has 4 aromatic rings. The Kier molecular flexibility index (Phi) is 5.55. The van der Waals surface area contributed by atoms with Crippen LogP contribution in [0.25, 0.3) is 21.8 Å². The third kappa shape index (κ3) is 3.94. The van der Waals surface area contributed by atoms with Crippen LogP contribution < -0.4 is 10.7 Å². The number of amides is 1. The predicted molar refractivity (Wildman–Crippen MR) is 120 cm³/mol. The molecule has 0 aliphatic heterocycles. The lowest BCUT2D eigenvalue weighted by molar-refractivity contribution is -0.116. The van der Waals surface area contributed by atoms with Gasteiger partial charge in [0.05, 0.1) is 21.7 Å². The summed E-state index contributed by atoms with van der Waals surface area (Å²) in [4.78, 5) is 25.3. The molecule has 0 saturated carbocycles. The van der Waals surface area contributed by atoms with E-state index < -0.39 is 5.82 Å². The van der Waals surface area contributed by atoms with Gasteiger partial charge in [-0.2, -0.15) is 0 Å². The largest absolute Gasteiger partial charge is 0.340 e. The molecule has 4 nitrogen and oxygen atoms in total. The smallest absolute Gasteiger partial charge is 0.224 e. The van der Waals surface area contributed by atoms with Gasteiger partial charge in [0.15, 0.2) is 5.43 Å². The lowest BCUT2D eigenvalue weighted by Gasteiger charge is -2.15. The molecule has 1 N–H and O–H groups in total. The Morgan fingerprint density at radius 3 is 2.60 bits per heavy atom. The van der Waals surface area contributed by atoms with Crippen molar-refractivity contribution >= 4 is 45.0 Å². The first kappa shape index (κ1) is 20.1. The summed E-state index contributed by atoms with van der Waals surface area (Å²) in [6.07, 6.45) is 0.835. The highest BCUT2D eigenvalue weighted by Gasteiger charge is 2.12. The van der Waals surface area contributed by atoms with Crippen molar-refractivity contribution < 1.29 is 9.18 Å². The molecule has 1 heterocycles. The zero-order valence-electron chi connectivity index (χ0n) is 16.4. The van der Waals surface area contributed by atoms with Crippen LogP contribution in [0.1, 0.15) is 18.4 Å². The molecule has 4 rings (SSSR count). The number of carbonyl (C=O) groups excluding carboxylic acids is 1. The molecule has 1 aromatic heterocycles. The van der Waals surface area contributed by atoms with Crippen LogP contribution in [-0.4, -0.2) is 10.5 Å². The van der Waals surface area contributed by atoms with Crippen LogP contribution >= 0.6 is 11.6 Å². The second kappa shape index (κ2) is 8.28. The Morgan fingerprint density at radius 1 is 1.03 bits per heavy atom. The summed E-state index contributed by atoms with van der Waals surface area (Å²) in [5.74, 6) is -0.653. The molecular formula is C24H20ClFN2O2. The Balaban J connectivity index is 1.58. The first-order chi connectivity index (χ1) is 14.4. The molecule has 0 saturated heterocycles. The van der Waals surface area contributed by atoms with Crippen molar-refractivity contribution in [2.75, 3.05) is 5.32 Å². The maximum Gasteiger partial charge on any atom is 0.224 e. The van der Waals surface area contributed by atoms with Gasteiger partial charge in [0.2, 0.25) is 5.91 Å². The van der Waals surface area contributed by atoms with E-state index in [1.807, 2.05) is 49.4 Å². The average Bonchev–Trinajstić information content (AvgIpc) is 2.73. The number of halogens is 2. The predicted octanol–water partition coefficient (Wildman–Crippen LogP) is 5.67. The highest BCUT2D eigenvalue weighted by molar-refractivity contribution is 6.33. The van der Waals surface area contributed by atoms with Gasteiger partial charge in [0.25, 0.3) is 0 Å². The van der Waals surface area contributed by atoms with Gasteiger partial charge >= 0.3 is 0 Å². The minimum Gasteiger partial charge on any atom is -0.340 e. The topological polar surface area (TPSA) is 51.1 Å². The summed E-state index contributed by atoms with van der Waals surface area (Å²) in [6.45, 7) is 2.54. The van der Waals surface area contributed by atoms with Crippen LogP contribution in [0.4, 0.5) is 10.1 Å². The quantitative estimate of drug-likeness (QED) is 0.421. The van der Waals surface area contributed by atoms with Crippen LogP contribution in [-0.2, 0) is 11.3 Å². The summed E-state index contributed by atoms with van der Waals surface area (Å²) in [5.41, 5.74) is 3.13. The second-order valence-corrected chi connectivity index (χ2v) is 7.70. The molecule has 30 heavy (non-hydrogen) atoms. The summed E-state index contributed by atoms with van der Waals surface area (Å²) < 4.78 is 15.2. The molecule has 0 bridgehead atoms. The van der Waals surface area contributed by atoms with Crippen molar-refractivity contribution in [3.05, 3.63) is 87.3 Å². The molecule has 0 aliphatic rings. The first-order valence-corrected chi connectivity index (χ1v) is 10.1. The molecule has 0 atom stereocenters. The standard InChI is InChI=1S/C24H20ClFN2O2/c1-15-8-11-22-18(13-15)24(30)17-5-2-3-6-21(17)28(22)12-4-7-23(29)27-20-10-9-16(26)14-19(20)25/h2-3,5-6,8-11,13-14H,4,7,12H2,1H3,(H,27,29). The number of nitrogens with zero attached hydrogens (tertiary/aromatic N) is 1. The van der Waals surface area contributed by atoms with Gasteiger partial charge in [0, 0.05) is 23.7 Å². The number of nitrogens with one attached hydrogen (secondary N) is 1. The zero-order valence-corrected chi connectivity index (χ0v) is 17.2. The molecule has 0 spiro atoms. The SMILES string of the molecule is Cc1ccc2c(c1)c(=O)c1ccccc1n2CCCC(=O)Nc1ccc(F)cc1Cl. The first-order valence-electron chi connectivity index (χ1n) is 9.71. The molecule has 0 radical (unpaired) electrons. The summed E-state index contributed by atoms with van der Waals surface area (Å²) in [5, 5.41) is 4.22. The van der Waals surface area contributed by atoms with Gasteiger partial charge in [-0.1, -0.05) is 35.4 Å². The fourth-order valence-corrected chi connectivity index (χ4v) is 3.90. The number of pyridine rings is 1. The fraction of sp³-hybridized carbons (Fsp3) is 0.167. The number of fused-ring (bicyclic) bond motifs is 2. The van der Waals surface area contributed by atoms with E-state index in [1.54, 1.807) is 0 Å². The zero-order chi connectivity index (χ0) is 21.3. The van der Waals surface area contributed by atoms with Crippen LogP contribution in [0.3, 0.4) is 0 Å². The van der Waals surface area contributed by atoms with Crippen LogP contribution in [0.2, 0.25) is 5.02 Å². The number of aryl methyl sites for hydroxylation is 2. The summed E-state index contributed by atoms with van der Waals surface area (Å²) >= 11 is 5.97. The van der Waals surface area contributed by atoms with Gasteiger partial charge in [-0.05, 0) is 55.8 Å². The molecule has 0 unspecified atom stereocenters. The van der Waals surface area contributed by atoms with E-state index in [-0.39, 0.29) is 22.8 Å². The van der Waals surface area contributed by atoms with Gasteiger partial charge in [-0.15, -0.1) is 0 Å². The van der Waals surface area contributed by atoms with Crippen molar-refractivity contribution in [2.24, 2.45) is 0 Å². The summed E-state index contributed by atoms with van der Waals surface area (Å²) in [6, 6.07) is 17.2. The van der Waals surface area contributed by atoms with Gasteiger partial charge in [-0.25, -0.2) is 4.39 Å². The van der Waals surface area contributed by atoms with E-state index in [1.165, 1.54) is 12.1 Å². The maximum absolute atomic E-state index is 13.2. The van der Waals surface area contributed by atoms with Gasteiger partial charge in [0.1, 0.15) is 5.82 Å². The van der Waals surface area contributed by atoms with Crippen LogP contribution in [0.5, 0.6) is 0 Å². The number of hydrogen-bond acceptors (Lipinski definition) is 2. The van der Waals surface area contributed by atoms with Crippen LogP contribution in [0.15, 0.2) is 65.5 Å². The third-order valence-corrected chi connectivity index (χ3v) is 5.43. The summed E-state index contributed by atoms with van der Waals surface area (Å²) in [7, 11) is 0. The number of anilines is 1. The number of aromatic nitrogens is 1. The van der Waals surface area contributed by atoms with Gasteiger partial charge in [-0.3, -0.25) is 9.59 Å². The fourth-order valence-electron chi connectivity index (χ4n) is 3.69. The average molecular weight is 423 g/mol. The highest BCUT2D eigenvalue weighted by Crippen LogP contribution is 2.23. The molecule has 6 heteroatoms. The monoisotopic (exact) mass is 422 g/mol. The molecular weight excluding hydrogens is 403 g/mol. The minimum atomic E-state index is -0.454. The van der Waals surface area contributed by atoms with E-state index in [2.05, 4.69) is 9.88 Å². The normalized spacial score (nSPS) is 11.2. The van der Waals surface area contributed by atoms with Crippen molar-refractivity contribution in [1.29, 1.82) is 0 Å². The maximum atomic E-state index is 13.2. The van der Waals surface area contributed by atoms with Crippen molar-refractivity contribution in [3.8, 4) is 0 Å². The lowest BCUT2D eigenvalue weighted by atomic mass is 10.1. The minimum absolute atomic E-state index is 0.0178. The third-order valence-electron chi connectivity index (χ3n) is 5.12. The van der Waals surface area contributed by atoms with E-state index in [0.717, 1.165) is 22.7 Å². The van der Waals surface area contributed by atoms with Crippen molar-refractivity contribution in [1.82, 2.24) is 4.57 Å². The Bertz CT molecular complexity index is 1330. The highest BCUT2D eigenvalue weighted by atomic mass is 35.5. The van der Waals surface area contributed by atoms with Crippen molar-refractivity contribution in [3.63, 3.8) is 0 Å². The van der Waals surface area contributed by atoms with E-state index in [4.69, 9.17) is 11.6 Å². The number of rotatable bonds is 5. The molecule has 0 aliphatic carbocycles. The molecule has 3 aromatic carbocycles. The number of para-hydroxylation sites is 1. The Morgan fingerprint density at radius 2 is 1.80 bits per heavy atom. The Labute approximate surface area is 177 Å². The molecule has 1 amide bonds. The van der Waals surface area contributed by atoms with Crippen LogP contribution in [0, 0.1) is 12.7 Å². The molecule has 152 valence electrons. The van der Waals surface area contributed by atoms with E-state index in [0.29, 0.717) is 29.4 Å². The number of benzene rings is 3. The number of carbonyl (C=O) groups is 1. The van der Waals surface area contributed by atoms with E-state index >= 15 is 0 Å². The second-order valence-electron chi connectivity index (χ2n) is 7.29. The van der Waals surface area contributed by atoms with Crippen molar-refractivity contribution in [2.45, 2.75) is 26.3 Å². The van der Waals surface area contributed by atoms with E-state index in [9.17, 15) is 14.0 Å². The number of hydrogen-bond donors (Lipinski definition) is 1. The molecule has 0 fully saturated rings. The Hall–Kier alpha value is -3.18. The lowest BCUT2D eigenvalue weighted by Crippen LogP contribution is -2.15. The van der Waals surface area contributed by atoms with Gasteiger partial charge < -0.3 is 9.88 Å².